The van der Waals surface area contributed by atoms with Crippen molar-refractivity contribution in [3.05, 3.63) is 45.1 Å². The number of fused-ring (bicyclic) bond motifs is 7. The van der Waals surface area contributed by atoms with Crippen molar-refractivity contribution in [2.45, 2.75) is 57.4 Å². The van der Waals surface area contributed by atoms with Crippen LogP contribution in [0.2, 0.25) is 0 Å². The van der Waals surface area contributed by atoms with Gasteiger partial charge in [-0.05, 0) is 51.4 Å². The Bertz CT molecular complexity index is 1480. The van der Waals surface area contributed by atoms with Crippen molar-refractivity contribution in [3.63, 3.8) is 0 Å². The number of likely N-dealkylation sites (N-methyl/N-ethyl adjacent to an activating group) is 1. The number of aromatic hydroxyl groups is 3. The van der Waals surface area contributed by atoms with Crippen LogP contribution in [0.15, 0.2) is 11.8 Å². The van der Waals surface area contributed by atoms with E-state index in [4.69, 9.17) is 15.2 Å². The van der Waals surface area contributed by atoms with Gasteiger partial charge in [-0.25, -0.2) is 0 Å². The Kier molecular flexibility index (Phi) is 6.72. The highest BCUT2D eigenvalue weighted by Crippen LogP contribution is 2.57. The van der Waals surface area contributed by atoms with Crippen LogP contribution in [-0.2, 0) is 11.2 Å². The van der Waals surface area contributed by atoms with E-state index in [0.29, 0.717) is 40.1 Å². The number of nitrogens with zero attached hydrogens (tertiary/aromatic N) is 3. The minimum absolute atomic E-state index is 0.00131. The number of carbonyl (C=O) groups excluding carboxylic acids is 1. The molecule has 3 aliphatic rings. The molecule has 0 spiro atoms. The van der Waals surface area contributed by atoms with E-state index >= 15 is 0 Å². The van der Waals surface area contributed by atoms with Crippen LogP contribution in [0, 0.1) is 25.2 Å². The van der Waals surface area contributed by atoms with Gasteiger partial charge in [-0.1, -0.05) is 6.07 Å². The summed E-state index contributed by atoms with van der Waals surface area (Å²) >= 11 is 0. The Hall–Kier alpha value is -4.14. The molecule has 0 unspecified atom stereocenters. The predicted octanol–water partition coefficient (Wildman–Crippen LogP) is 2.10. The van der Waals surface area contributed by atoms with E-state index in [1.54, 1.807) is 19.9 Å². The molecule has 2 aromatic rings. The number of carbonyl (C=O) groups is 1. The monoisotopic (exact) mass is 549 g/mol. The second-order valence-corrected chi connectivity index (χ2v) is 10.8. The number of amides is 1. The SMILES string of the molecule is COc1c(C)cc2c(c1O)[C@H]1C3=Cc4c(O)c(C)c(OC)c(O)c4[C@H](CNC(=O)[C@H](C)N)N3[C@@H](C#N)[C@@H](C2)N1C. The van der Waals surface area contributed by atoms with Gasteiger partial charge in [-0.2, -0.15) is 5.26 Å². The number of nitrogens with one attached hydrogen (secondary N) is 1. The lowest BCUT2D eigenvalue weighted by atomic mass is 9.75. The second kappa shape index (κ2) is 9.80. The molecular weight excluding hydrogens is 514 g/mol. The van der Waals surface area contributed by atoms with Gasteiger partial charge in [0.1, 0.15) is 11.8 Å². The predicted molar refractivity (Wildman–Crippen MR) is 147 cm³/mol. The van der Waals surface area contributed by atoms with E-state index in [0.717, 1.165) is 11.1 Å². The third kappa shape index (κ3) is 3.74. The first kappa shape index (κ1) is 27.4. The first-order chi connectivity index (χ1) is 19.0. The summed E-state index contributed by atoms with van der Waals surface area (Å²) in [4.78, 5) is 16.5. The molecule has 0 aliphatic carbocycles. The number of nitrogens with two attached hydrogens (primary N) is 1. The molecule has 0 saturated carbocycles. The summed E-state index contributed by atoms with van der Waals surface area (Å²) in [5.74, 6) is -0.147. The van der Waals surface area contributed by atoms with Gasteiger partial charge < -0.3 is 40.7 Å². The maximum absolute atomic E-state index is 12.6. The molecule has 1 amide bonds. The minimum Gasteiger partial charge on any atom is -0.507 e. The fourth-order valence-electron chi connectivity index (χ4n) is 6.66. The van der Waals surface area contributed by atoms with Crippen LogP contribution in [0.4, 0.5) is 0 Å². The van der Waals surface area contributed by atoms with E-state index in [1.165, 1.54) is 14.2 Å². The van der Waals surface area contributed by atoms with Gasteiger partial charge in [0.15, 0.2) is 23.0 Å². The van der Waals surface area contributed by atoms with E-state index in [2.05, 4.69) is 16.3 Å². The normalized spacial score (nSPS) is 23.6. The number of phenols is 3. The average molecular weight is 550 g/mol. The van der Waals surface area contributed by atoms with Crippen molar-refractivity contribution in [1.29, 1.82) is 5.26 Å². The second-order valence-electron chi connectivity index (χ2n) is 10.8. The summed E-state index contributed by atoms with van der Waals surface area (Å²) in [6.45, 7) is 5.08. The third-order valence-corrected chi connectivity index (χ3v) is 8.54. The molecule has 5 atom stereocenters. The van der Waals surface area contributed by atoms with E-state index in [-0.39, 0.29) is 35.6 Å². The van der Waals surface area contributed by atoms with Crippen LogP contribution in [0.3, 0.4) is 0 Å². The van der Waals surface area contributed by atoms with Crippen LogP contribution in [0.1, 0.15) is 52.4 Å². The highest BCUT2D eigenvalue weighted by molar-refractivity contribution is 5.81. The highest BCUT2D eigenvalue weighted by atomic mass is 16.5. The molecular formula is C29H35N5O6. The number of benzene rings is 2. The van der Waals surface area contributed by atoms with Gasteiger partial charge in [0.05, 0.1) is 38.4 Å². The van der Waals surface area contributed by atoms with Crippen LogP contribution >= 0.6 is 0 Å². The standard InChI is InChI=1S/C29H35N5O6/c1-12-7-15-8-17-19(10-30)34-18(23(33(17)4)21(15)25(36)27(12)39-5)9-16-22(20(34)11-32-29(38)14(3)31)26(37)28(40-6)13(2)24(16)35/h7,9,14,17,19-20,23,35-37H,8,11,31H2,1-6H3,(H,32,38)/t14-,17+,19-,20-,23+/m0/s1. The average Bonchev–Trinajstić information content (AvgIpc) is 2.91. The summed E-state index contributed by atoms with van der Waals surface area (Å²) in [6.07, 6.45) is 2.24. The summed E-state index contributed by atoms with van der Waals surface area (Å²) in [5, 5.41) is 47.5. The maximum Gasteiger partial charge on any atom is 0.236 e. The first-order valence-electron chi connectivity index (χ1n) is 13.1. The van der Waals surface area contributed by atoms with Gasteiger partial charge in [0.2, 0.25) is 5.91 Å². The fraction of sp³-hybridized carbons (Fsp3) is 0.448. The highest BCUT2D eigenvalue weighted by Gasteiger charge is 2.53. The number of ether oxygens (including phenoxy) is 2. The molecule has 2 bridgehead atoms. The third-order valence-electron chi connectivity index (χ3n) is 8.54. The topological polar surface area (TPSA) is 165 Å². The summed E-state index contributed by atoms with van der Waals surface area (Å²) in [5.41, 5.74) is 9.85. The zero-order valence-electron chi connectivity index (χ0n) is 23.4. The van der Waals surface area contributed by atoms with Gasteiger partial charge in [-0.3, -0.25) is 9.69 Å². The quantitative estimate of drug-likeness (QED) is 0.349. The van der Waals surface area contributed by atoms with Crippen molar-refractivity contribution >= 4 is 12.0 Å². The fourth-order valence-corrected chi connectivity index (χ4v) is 6.66. The summed E-state index contributed by atoms with van der Waals surface area (Å²) in [7, 11) is 4.82. The smallest absolute Gasteiger partial charge is 0.236 e. The minimum atomic E-state index is -0.772. The Morgan fingerprint density at radius 1 is 1.18 bits per heavy atom. The van der Waals surface area contributed by atoms with E-state index < -0.39 is 30.1 Å². The number of rotatable bonds is 5. The molecule has 5 rings (SSSR count). The molecule has 2 aromatic carbocycles. The molecule has 3 aliphatic heterocycles. The number of piperazine rings is 1. The van der Waals surface area contributed by atoms with Gasteiger partial charge in [0, 0.05) is 40.5 Å². The largest absolute Gasteiger partial charge is 0.507 e. The summed E-state index contributed by atoms with van der Waals surface area (Å²) in [6, 6.07) is 1.45. The maximum atomic E-state index is 12.6. The first-order valence-corrected chi connectivity index (χ1v) is 13.1. The Balaban J connectivity index is 1.81. The molecule has 1 saturated heterocycles. The summed E-state index contributed by atoms with van der Waals surface area (Å²) < 4.78 is 11.0. The van der Waals surface area contributed by atoms with Crippen molar-refractivity contribution in [3.8, 4) is 34.8 Å². The van der Waals surface area contributed by atoms with E-state index in [1.807, 2.05) is 24.9 Å². The molecule has 11 nitrogen and oxygen atoms in total. The Morgan fingerprint density at radius 2 is 1.82 bits per heavy atom. The zero-order valence-corrected chi connectivity index (χ0v) is 23.4. The molecule has 1 fully saturated rings. The van der Waals surface area contributed by atoms with Crippen LogP contribution in [-0.4, -0.2) is 77.0 Å². The number of methoxy groups -OCH3 is 2. The molecule has 0 radical (unpaired) electrons. The van der Waals surface area contributed by atoms with Gasteiger partial charge >= 0.3 is 0 Å². The number of nitriles is 1. The lowest BCUT2D eigenvalue weighted by Gasteiger charge is -2.57. The number of hydrogen-bond acceptors (Lipinski definition) is 10. The van der Waals surface area contributed by atoms with Gasteiger partial charge in [0.25, 0.3) is 0 Å². The lowest BCUT2D eigenvalue weighted by Crippen LogP contribution is -2.62. The molecule has 6 N–H and O–H groups in total. The van der Waals surface area contributed by atoms with E-state index in [9.17, 15) is 25.4 Å². The van der Waals surface area contributed by atoms with Crippen LogP contribution in [0.25, 0.3) is 6.08 Å². The number of aryl methyl sites for hydroxylation is 1. The van der Waals surface area contributed by atoms with Crippen molar-refractivity contribution in [2.75, 3.05) is 27.8 Å². The molecule has 0 aromatic heterocycles. The van der Waals surface area contributed by atoms with Crippen LogP contribution in [0.5, 0.6) is 28.7 Å². The molecule has 11 heteroatoms. The molecule has 3 heterocycles. The Morgan fingerprint density at radius 3 is 2.42 bits per heavy atom. The molecule has 40 heavy (non-hydrogen) atoms. The van der Waals surface area contributed by atoms with Crippen molar-refractivity contribution < 1.29 is 29.6 Å². The number of phenolic OH excluding ortho intramolecular Hbond substituents is 3. The van der Waals surface area contributed by atoms with Crippen molar-refractivity contribution in [1.82, 2.24) is 15.1 Å². The number of hydrogen-bond donors (Lipinski definition) is 5. The van der Waals surface area contributed by atoms with Gasteiger partial charge in [-0.15, -0.1) is 0 Å². The molecule has 212 valence electrons. The zero-order chi connectivity index (χ0) is 29.2. The van der Waals surface area contributed by atoms with Crippen LogP contribution < -0.4 is 20.5 Å². The lowest BCUT2D eigenvalue weighted by molar-refractivity contribution is -0.122. The Labute approximate surface area is 233 Å². The van der Waals surface area contributed by atoms with Crippen molar-refractivity contribution in [2.24, 2.45) is 5.73 Å².